The zero-order valence-corrected chi connectivity index (χ0v) is 13.5. The molecule has 0 spiro atoms. The topological polar surface area (TPSA) is 58.2 Å². The molecule has 1 aromatic carbocycles. The monoisotopic (exact) mass is 302 g/mol. The molecule has 0 saturated heterocycles. The van der Waals surface area contributed by atoms with E-state index in [0.29, 0.717) is 6.42 Å². The normalized spacial score (nSPS) is 16.5. The van der Waals surface area contributed by atoms with Crippen LogP contribution in [0.4, 0.5) is 0 Å². The predicted octanol–water partition coefficient (Wildman–Crippen LogP) is 2.43. The van der Waals surface area contributed by atoms with E-state index in [1.165, 1.54) is 12.8 Å². The van der Waals surface area contributed by atoms with Crippen LogP contribution in [0.1, 0.15) is 45.1 Å². The van der Waals surface area contributed by atoms with Crippen LogP contribution in [0.2, 0.25) is 0 Å². The van der Waals surface area contributed by atoms with Gasteiger partial charge in [-0.25, -0.2) is 0 Å². The van der Waals surface area contributed by atoms with E-state index in [4.69, 9.17) is 0 Å². The highest BCUT2D eigenvalue weighted by Crippen LogP contribution is 2.18. The zero-order valence-electron chi connectivity index (χ0n) is 13.5. The molecule has 1 fully saturated rings. The molecule has 4 nitrogen and oxygen atoms in total. The van der Waals surface area contributed by atoms with Gasteiger partial charge in [0.2, 0.25) is 11.8 Å². The number of hydrogen-bond acceptors (Lipinski definition) is 2. The van der Waals surface area contributed by atoms with Crippen LogP contribution in [0.5, 0.6) is 0 Å². The van der Waals surface area contributed by atoms with E-state index in [-0.39, 0.29) is 23.8 Å². The number of hydrogen-bond donors (Lipinski definition) is 2. The maximum absolute atomic E-state index is 12.4. The molecule has 1 aliphatic carbocycles. The maximum Gasteiger partial charge on any atom is 0.243 e. The summed E-state index contributed by atoms with van der Waals surface area (Å²) in [4.78, 5) is 24.6. The molecule has 0 radical (unpaired) electrons. The third-order valence-electron chi connectivity index (χ3n) is 4.17. The Bertz CT molecular complexity index is 493. The minimum Gasteiger partial charge on any atom is -0.352 e. The third kappa shape index (κ3) is 4.86. The second-order valence-electron chi connectivity index (χ2n) is 6.44. The summed E-state index contributed by atoms with van der Waals surface area (Å²) in [6.07, 6.45) is 4.76. The van der Waals surface area contributed by atoms with E-state index in [1.807, 2.05) is 44.2 Å². The molecular weight excluding hydrogens is 276 g/mol. The maximum atomic E-state index is 12.4. The standard InChI is InChI=1S/C18H26N2O2/c1-13(2)17(18(22)19-15-10-6-7-11-15)20-16(21)12-14-8-4-3-5-9-14/h3-5,8-9,13,15,17H,6-7,10-12H2,1-2H3,(H,19,22)(H,20,21)/t17-/m1/s1. The van der Waals surface area contributed by atoms with Crippen molar-refractivity contribution < 1.29 is 9.59 Å². The van der Waals surface area contributed by atoms with Gasteiger partial charge in [-0.2, -0.15) is 0 Å². The van der Waals surface area contributed by atoms with Crippen LogP contribution in [0, 0.1) is 5.92 Å². The van der Waals surface area contributed by atoms with Gasteiger partial charge in [0, 0.05) is 6.04 Å². The van der Waals surface area contributed by atoms with Crippen molar-refractivity contribution in [2.45, 2.75) is 58.0 Å². The van der Waals surface area contributed by atoms with E-state index in [1.54, 1.807) is 0 Å². The lowest BCUT2D eigenvalue weighted by molar-refractivity contribution is -0.130. The predicted molar refractivity (Wildman–Crippen MR) is 87.3 cm³/mol. The van der Waals surface area contributed by atoms with Crippen molar-refractivity contribution in [2.24, 2.45) is 5.92 Å². The molecule has 0 unspecified atom stereocenters. The molecule has 2 rings (SSSR count). The molecule has 4 heteroatoms. The molecule has 0 heterocycles. The van der Waals surface area contributed by atoms with Gasteiger partial charge in [0.05, 0.1) is 6.42 Å². The Hall–Kier alpha value is -1.84. The van der Waals surface area contributed by atoms with Crippen LogP contribution in [-0.2, 0) is 16.0 Å². The SMILES string of the molecule is CC(C)[C@@H](NC(=O)Cc1ccccc1)C(=O)NC1CCCC1. The van der Waals surface area contributed by atoms with Gasteiger partial charge in [0.1, 0.15) is 6.04 Å². The Kier molecular flexibility index (Phi) is 5.99. The third-order valence-corrected chi connectivity index (χ3v) is 4.17. The number of benzene rings is 1. The fourth-order valence-electron chi connectivity index (χ4n) is 2.90. The second-order valence-corrected chi connectivity index (χ2v) is 6.44. The van der Waals surface area contributed by atoms with Gasteiger partial charge < -0.3 is 10.6 Å². The molecule has 1 saturated carbocycles. The minimum absolute atomic E-state index is 0.0525. The van der Waals surface area contributed by atoms with Crippen molar-refractivity contribution >= 4 is 11.8 Å². The first-order valence-corrected chi connectivity index (χ1v) is 8.20. The largest absolute Gasteiger partial charge is 0.352 e. The molecule has 1 atom stereocenters. The second kappa shape index (κ2) is 7.97. The first kappa shape index (κ1) is 16.5. The van der Waals surface area contributed by atoms with Gasteiger partial charge in [0.25, 0.3) is 0 Å². The Labute approximate surface area is 132 Å². The number of rotatable bonds is 6. The van der Waals surface area contributed by atoms with Crippen LogP contribution < -0.4 is 10.6 Å². The summed E-state index contributed by atoms with van der Waals surface area (Å²) in [6, 6.07) is 9.40. The minimum atomic E-state index is -0.461. The number of amides is 2. The molecule has 1 aliphatic rings. The van der Waals surface area contributed by atoms with Crippen LogP contribution in [-0.4, -0.2) is 23.9 Å². The Balaban J connectivity index is 1.90. The molecule has 22 heavy (non-hydrogen) atoms. The average Bonchev–Trinajstić information content (AvgIpc) is 2.98. The van der Waals surface area contributed by atoms with E-state index >= 15 is 0 Å². The lowest BCUT2D eigenvalue weighted by atomic mass is 10.0. The summed E-state index contributed by atoms with van der Waals surface area (Å²) >= 11 is 0. The molecule has 2 N–H and O–H groups in total. The Morgan fingerprint density at radius 2 is 1.77 bits per heavy atom. The van der Waals surface area contributed by atoms with Gasteiger partial charge in [-0.15, -0.1) is 0 Å². The number of carbonyl (C=O) groups excluding carboxylic acids is 2. The highest BCUT2D eigenvalue weighted by Gasteiger charge is 2.27. The highest BCUT2D eigenvalue weighted by atomic mass is 16.2. The lowest BCUT2D eigenvalue weighted by Crippen LogP contribution is -2.52. The van der Waals surface area contributed by atoms with Crippen molar-refractivity contribution in [1.29, 1.82) is 0 Å². The van der Waals surface area contributed by atoms with Crippen LogP contribution in [0.15, 0.2) is 30.3 Å². The Morgan fingerprint density at radius 1 is 1.14 bits per heavy atom. The molecule has 1 aromatic rings. The molecule has 120 valence electrons. The smallest absolute Gasteiger partial charge is 0.243 e. The molecular formula is C18H26N2O2. The molecule has 0 aliphatic heterocycles. The molecule has 0 aromatic heterocycles. The first-order valence-electron chi connectivity index (χ1n) is 8.20. The van der Waals surface area contributed by atoms with Gasteiger partial charge in [0.15, 0.2) is 0 Å². The van der Waals surface area contributed by atoms with Gasteiger partial charge in [-0.1, -0.05) is 57.0 Å². The summed E-state index contributed by atoms with van der Waals surface area (Å²) in [5.41, 5.74) is 0.957. The van der Waals surface area contributed by atoms with Crippen molar-refractivity contribution in [3.05, 3.63) is 35.9 Å². The number of carbonyl (C=O) groups is 2. The van der Waals surface area contributed by atoms with Crippen LogP contribution in [0.3, 0.4) is 0 Å². The summed E-state index contributed by atoms with van der Waals surface area (Å²) in [6.45, 7) is 3.92. The van der Waals surface area contributed by atoms with Crippen molar-refractivity contribution in [1.82, 2.24) is 10.6 Å². The number of nitrogens with one attached hydrogen (secondary N) is 2. The fourth-order valence-corrected chi connectivity index (χ4v) is 2.90. The van der Waals surface area contributed by atoms with E-state index in [0.717, 1.165) is 18.4 Å². The average molecular weight is 302 g/mol. The summed E-state index contributed by atoms with van der Waals surface area (Å²) in [5, 5.41) is 5.96. The van der Waals surface area contributed by atoms with Gasteiger partial charge >= 0.3 is 0 Å². The van der Waals surface area contributed by atoms with E-state index in [2.05, 4.69) is 10.6 Å². The van der Waals surface area contributed by atoms with Crippen molar-refractivity contribution in [3.8, 4) is 0 Å². The molecule has 2 amide bonds. The van der Waals surface area contributed by atoms with Gasteiger partial charge in [-0.3, -0.25) is 9.59 Å². The summed E-state index contributed by atoms with van der Waals surface area (Å²) in [7, 11) is 0. The summed E-state index contributed by atoms with van der Waals surface area (Å²) in [5.74, 6) is -0.0871. The Morgan fingerprint density at radius 3 is 2.36 bits per heavy atom. The van der Waals surface area contributed by atoms with E-state index < -0.39 is 6.04 Å². The first-order chi connectivity index (χ1) is 10.6. The van der Waals surface area contributed by atoms with Crippen LogP contribution >= 0.6 is 0 Å². The van der Waals surface area contributed by atoms with Crippen LogP contribution in [0.25, 0.3) is 0 Å². The quantitative estimate of drug-likeness (QED) is 0.848. The highest BCUT2D eigenvalue weighted by molar-refractivity contribution is 5.88. The van der Waals surface area contributed by atoms with E-state index in [9.17, 15) is 9.59 Å². The van der Waals surface area contributed by atoms with Crippen molar-refractivity contribution in [3.63, 3.8) is 0 Å². The van der Waals surface area contributed by atoms with Gasteiger partial charge in [-0.05, 0) is 24.3 Å². The summed E-state index contributed by atoms with van der Waals surface area (Å²) < 4.78 is 0. The fraction of sp³-hybridized carbons (Fsp3) is 0.556. The zero-order chi connectivity index (χ0) is 15.9. The van der Waals surface area contributed by atoms with Crippen molar-refractivity contribution in [2.75, 3.05) is 0 Å². The molecule has 0 bridgehead atoms. The lowest BCUT2D eigenvalue weighted by Gasteiger charge is -2.24.